The second kappa shape index (κ2) is 6.47. The fourth-order valence-electron chi connectivity index (χ4n) is 1.80. The summed E-state index contributed by atoms with van der Waals surface area (Å²) in [7, 11) is 9.38. The van der Waals surface area contributed by atoms with Gasteiger partial charge in [0.15, 0.2) is 11.5 Å². The molecule has 0 aliphatic carbocycles. The minimum atomic E-state index is 0.282. The highest BCUT2D eigenvalue weighted by Gasteiger charge is 2.13. The molecule has 0 aliphatic heterocycles. The van der Waals surface area contributed by atoms with E-state index in [0.29, 0.717) is 0 Å². The molecule has 0 saturated carbocycles. The molecule has 1 unspecified atom stereocenters. The van der Waals surface area contributed by atoms with Crippen molar-refractivity contribution in [3.63, 3.8) is 0 Å². The molecule has 0 aromatic heterocycles. The minimum Gasteiger partial charge on any atom is -0.493 e. The number of hydrogen-bond acceptors (Lipinski definition) is 4. The van der Waals surface area contributed by atoms with Crippen LogP contribution in [0.4, 0.5) is 0 Å². The maximum atomic E-state index is 5.31. The summed E-state index contributed by atoms with van der Waals surface area (Å²) >= 11 is 0. The number of methoxy groups -OCH3 is 2. The number of likely N-dealkylation sites (N-methyl/N-ethyl adjacent to an activating group) is 2. The van der Waals surface area contributed by atoms with E-state index in [2.05, 4.69) is 30.4 Å². The van der Waals surface area contributed by atoms with Crippen LogP contribution in [0.3, 0.4) is 0 Å². The first-order valence-electron chi connectivity index (χ1n) is 5.66. The number of hydrogen-bond donors (Lipinski definition) is 1. The first kappa shape index (κ1) is 13.8. The Morgan fingerprint density at radius 3 is 2.29 bits per heavy atom. The third-order valence-corrected chi connectivity index (χ3v) is 2.71. The largest absolute Gasteiger partial charge is 0.493 e. The zero-order valence-electron chi connectivity index (χ0n) is 11.3. The Balaban J connectivity index is 2.96. The lowest BCUT2D eigenvalue weighted by Crippen LogP contribution is -2.28. The van der Waals surface area contributed by atoms with E-state index in [1.165, 1.54) is 5.56 Å². The molecule has 96 valence electrons. The molecule has 0 spiro atoms. The van der Waals surface area contributed by atoms with Crippen LogP contribution >= 0.6 is 0 Å². The summed E-state index contributed by atoms with van der Waals surface area (Å²) < 4.78 is 10.5. The van der Waals surface area contributed by atoms with Gasteiger partial charge in [-0.1, -0.05) is 6.07 Å². The zero-order valence-corrected chi connectivity index (χ0v) is 11.3. The van der Waals surface area contributed by atoms with Crippen LogP contribution in [0.25, 0.3) is 0 Å². The van der Waals surface area contributed by atoms with Crippen LogP contribution in [-0.2, 0) is 0 Å². The molecule has 1 aromatic carbocycles. The molecule has 0 heterocycles. The van der Waals surface area contributed by atoms with Gasteiger partial charge in [-0.3, -0.25) is 0 Å². The van der Waals surface area contributed by atoms with Crippen LogP contribution in [0.5, 0.6) is 11.5 Å². The first-order chi connectivity index (χ1) is 8.12. The van der Waals surface area contributed by atoms with Crippen molar-refractivity contribution >= 4 is 0 Å². The summed E-state index contributed by atoms with van der Waals surface area (Å²) in [5.74, 6) is 1.53. The van der Waals surface area contributed by atoms with E-state index in [0.717, 1.165) is 18.0 Å². The second-order valence-electron chi connectivity index (χ2n) is 4.22. The van der Waals surface area contributed by atoms with Gasteiger partial charge in [-0.25, -0.2) is 0 Å². The number of benzene rings is 1. The molecular formula is C13H22N2O2. The van der Waals surface area contributed by atoms with Gasteiger partial charge in [0, 0.05) is 12.6 Å². The summed E-state index contributed by atoms with van der Waals surface area (Å²) in [4.78, 5) is 2.15. The smallest absolute Gasteiger partial charge is 0.161 e. The fourth-order valence-corrected chi connectivity index (χ4v) is 1.80. The van der Waals surface area contributed by atoms with Gasteiger partial charge in [0.25, 0.3) is 0 Å². The van der Waals surface area contributed by atoms with E-state index in [4.69, 9.17) is 9.47 Å². The van der Waals surface area contributed by atoms with Crippen molar-refractivity contribution in [2.24, 2.45) is 0 Å². The molecule has 4 nitrogen and oxygen atoms in total. The lowest BCUT2D eigenvalue weighted by molar-refractivity contribution is 0.344. The molecule has 0 bridgehead atoms. The molecule has 1 rings (SSSR count). The summed E-state index contributed by atoms with van der Waals surface area (Å²) in [6.45, 7) is 0.936. The highest BCUT2D eigenvalue weighted by molar-refractivity contribution is 5.43. The predicted molar refractivity (Wildman–Crippen MR) is 69.9 cm³/mol. The van der Waals surface area contributed by atoms with E-state index < -0.39 is 0 Å². The molecule has 0 radical (unpaired) electrons. The van der Waals surface area contributed by atoms with Gasteiger partial charge in [-0.05, 0) is 38.8 Å². The standard InChI is InChI=1S/C13H22N2O2/c1-14-11(9-15(2)3)10-6-7-12(16-4)13(8-10)17-5/h6-8,11,14H,9H2,1-5H3. The van der Waals surface area contributed by atoms with Crippen LogP contribution in [0.15, 0.2) is 18.2 Å². The van der Waals surface area contributed by atoms with Gasteiger partial charge in [0.1, 0.15) is 0 Å². The van der Waals surface area contributed by atoms with Crippen molar-refractivity contribution in [2.45, 2.75) is 6.04 Å². The molecule has 0 saturated heterocycles. The second-order valence-corrected chi connectivity index (χ2v) is 4.22. The molecule has 0 amide bonds. The topological polar surface area (TPSA) is 33.7 Å². The quantitative estimate of drug-likeness (QED) is 0.815. The van der Waals surface area contributed by atoms with Crippen molar-refractivity contribution < 1.29 is 9.47 Å². The SMILES string of the molecule is CNC(CN(C)C)c1ccc(OC)c(OC)c1. The Kier molecular flexibility index (Phi) is 5.25. The molecular weight excluding hydrogens is 216 g/mol. The maximum Gasteiger partial charge on any atom is 0.161 e. The Hall–Kier alpha value is -1.26. The minimum absolute atomic E-state index is 0.282. The van der Waals surface area contributed by atoms with Crippen molar-refractivity contribution in [3.05, 3.63) is 23.8 Å². The first-order valence-corrected chi connectivity index (χ1v) is 5.66. The normalized spacial score (nSPS) is 12.6. The molecule has 1 aromatic rings. The van der Waals surface area contributed by atoms with Crippen LogP contribution < -0.4 is 14.8 Å². The fraction of sp³-hybridized carbons (Fsp3) is 0.538. The van der Waals surface area contributed by atoms with E-state index in [1.54, 1.807) is 14.2 Å². The number of nitrogens with zero attached hydrogens (tertiary/aromatic N) is 1. The average molecular weight is 238 g/mol. The molecule has 1 atom stereocenters. The van der Waals surface area contributed by atoms with Crippen molar-refractivity contribution in [1.82, 2.24) is 10.2 Å². The van der Waals surface area contributed by atoms with Gasteiger partial charge in [0.2, 0.25) is 0 Å². The Labute approximate surface area is 104 Å². The Bertz CT molecular complexity index is 353. The van der Waals surface area contributed by atoms with Crippen LogP contribution in [0.2, 0.25) is 0 Å². The number of rotatable bonds is 6. The molecule has 1 N–H and O–H groups in total. The lowest BCUT2D eigenvalue weighted by Gasteiger charge is -2.21. The van der Waals surface area contributed by atoms with Gasteiger partial charge in [0.05, 0.1) is 14.2 Å². The summed E-state index contributed by atoms with van der Waals surface area (Å²) in [5, 5.41) is 3.30. The van der Waals surface area contributed by atoms with E-state index in [1.807, 2.05) is 19.2 Å². The maximum absolute atomic E-state index is 5.31. The van der Waals surface area contributed by atoms with Crippen LogP contribution in [0.1, 0.15) is 11.6 Å². The van der Waals surface area contributed by atoms with E-state index in [9.17, 15) is 0 Å². The van der Waals surface area contributed by atoms with E-state index >= 15 is 0 Å². The molecule has 17 heavy (non-hydrogen) atoms. The van der Waals surface area contributed by atoms with Gasteiger partial charge in [-0.2, -0.15) is 0 Å². The third kappa shape index (κ3) is 3.61. The Morgan fingerprint density at radius 1 is 1.18 bits per heavy atom. The summed E-state index contributed by atoms with van der Waals surface area (Å²) in [6.07, 6.45) is 0. The van der Waals surface area contributed by atoms with Crippen molar-refractivity contribution in [1.29, 1.82) is 0 Å². The number of nitrogens with one attached hydrogen (secondary N) is 1. The van der Waals surface area contributed by atoms with Crippen molar-refractivity contribution in [3.8, 4) is 11.5 Å². The average Bonchev–Trinajstić information content (AvgIpc) is 2.34. The van der Waals surface area contributed by atoms with Gasteiger partial charge < -0.3 is 19.7 Å². The van der Waals surface area contributed by atoms with Crippen molar-refractivity contribution in [2.75, 3.05) is 41.9 Å². The number of ether oxygens (including phenoxy) is 2. The van der Waals surface area contributed by atoms with Gasteiger partial charge >= 0.3 is 0 Å². The zero-order chi connectivity index (χ0) is 12.8. The highest BCUT2D eigenvalue weighted by atomic mass is 16.5. The highest BCUT2D eigenvalue weighted by Crippen LogP contribution is 2.29. The lowest BCUT2D eigenvalue weighted by atomic mass is 10.1. The molecule has 0 fully saturated rings. The summed E-state index contributed by atoms with van der Waals surface area (Å²) in [6, 6.07) is 6.30. The van der Waals surface area contributed by atoms with Gasteiger partial charge in [-0.15, -0.1) is 0 Å². The molecule has 4 heteroatoms. The summed E-state index contributed by atoms with van der Waals surface area (Å²) in [5.41, 5.74) is 1.19. The van der Waals surface area contributed by atoms with Crippen LogP contribution in [0, 0.1) is 0 Å². The predicted octanol–water partition coefficient (Wildman–Crippen LogP) is 1.53. The third-order valence-electron chi connectivity index (χ3n) is 2.71. The van der Waals surface area contributed by atoms with E-state index in [-0.39, 0.29) is 6.04 Å². The molecule has 0 aliphatic rings. The van der Waals surface area contributed by atoms with Crippen LogP contribution in [-0.4, -0.2) is 46.8 Å². The Morgan fingerprint density at radius 2 is 1.82 bits per heavy atom. The monoisotopic (exact) mass is 238 g/mol.